The molecule has 150 valence electrons. The molecule has 0 atom stereocenters. The van der Waals surface area contributed by atoms with Crippen LogP contribution in [0.15, 0.2) is 78.2 Å². The van der Waals surface area contributed by atoms with Gasteiger partial charge < -0.3 is 0 Å². The van der Waals surface area contributed by atoms with Gasteiger partial charge in [0.1, 0.15) is 0 Å². The van der Waals surface area contributed by atoms with E-state index in [0.29, 0.717) is 12.3 Å². The minimum absolute atomic E-state index is 0.0981. The van der Waals surface area contributed by atoms with E-state index >= 15 is 0 Å². The van der Waals surface area contributed by atoms with Crippen molar-refractivity contribution in [3.05, 3.63) is 95.3 Å². The minimum Gasteiger partial charge on any atom is -0.298 e. The molecular formula is C24H22N4OS. The van der Waals surface area contributed by atoms with Crippen LogP contribution in [0.25, 0.3) is 11.4 Å². The Bertz CT molecular complexity index is 1160. The van der Waals surface area contributed by atoms with Gasteiger partial charge in [-0.3, -0.25) is 14.3 Å². The molecule has 0 amide bonds. The standard InChI is InChI=1S/C24H22N4OS/c1-17-8-9-18(2)21(14-17)22(29)16-30-24-27-26-23(20-10-12-25-13-11-20)28(24)15-19-6-4-3-5-7-19/h3-14H,15-16H2,1-2H3. The molecule has 5 nitrogen and oxygen atoms in total. The Morgan fingerprint density at radius 2 is 1.73 bits per heavy atom. The summed E-state index contributed by atoms with van der Waals surface area (Å²) in [5, 5.41) is 9.54. The topological polar surface area (TPSA) is 60.7 Å². The number of aryl methyl sites for hydroxylation is 2. The summed E-state index contributed by atoms with van der Waals surface area (Å²) in [4.78, 5) is 16.9. The summed E-state index contributed by atoms with van der Waals surface area (Å²) in [7, 11) is 0. The lowest BCUT2D eigenvalue weighted by molar-refractivity contribution is 0.102. The number of carbonyl (C=O) groups is 1. The Balaban J connectivity index is 1.62. The Morgan fingerprint density at radius 3 is 2.50 bits per heavy atom. The third kappa shape index (κ3) is 4.49. The van der Waals surface area contributed by atoms with Gasteiger partial charge in [0.05, 0.1) is 12.3 Å². The molecule has 0 saturated carbocycles. The van der Waals surface area contributed by atoms with Crippen molar-refractivity contribution < 1.29 is 4.79 Å². The summed E-state index contributed by atoms with van der Waals surface area (Å²) in [6.45, 7) is 4.60. The summed E-state index contributed by atoms with van der Waals surface area (Å²) >= 11 is 1.42. The molecule has 0 aliphatic heterocycles. The molecule has 0 saturated heterocycles. The number of hydrogen-bond acceptors (Lipinski definition) is 5. The second-order valence-corrected chi connectivity index (χ2v) is 8.09. The van der Waals surface area contributed by atoms with Crippen molar-refractivity contribution in [2.45, 2.75) is 25.5 Å². The molecule has 2 aromatic heterocycles. The van der Waals surface area contributed by atoms with Crippen LogP contribution in [0.3, 0.4) is 0 Å². The number of benzene rings is 2. The second kappa shape index (κ2) is 9.05. The zero-order valence-electron chi connectivity index (χ0n) is 16.9. The molecule has 30 heavy (non-hydrogen) atoms. The average molecular weight is 415 g/mol. The van der Waals surface area contributed by atoms with E-state index in [2.05, 4.69) is 31.9 Å². The van der Waals surface area contributed by atoms with Crippen molar-refractivity contribution >= 4 is 17.5 Å². The average Bonchev–Trinajstić information content (AvgIpc) is 3.17. The molecule has 0 N–H and O–H groups in total. The van der Waals surface area contributed by atoms with Gasteiger partial charge in [-0.1, -0.05) is 59.8 Å². The van der Waals surface area contributed by atoms with Crippen molar-refractivity contribution in [2.24, 2.45) is 0 Å². The molecule has 0 radical (unpaired) electrons. The van der Waals surface area contributed by atoms with Crippen LogP contribution in [-0.4, -0.2) is 31.3 Å². The highest BCUT2D eigenvalue weighted by molar-refractivity contribution is 7.99. The fourth-order valence-corrected chi connectivity index (χ4v) is 4.08. The minimum atomic E-state index is 0.0981. The zero-order chi connectivity index (χ0) is 20.9. The number of ketones is 1. The van der Waals surface area contributed by atoms with E-state index in [4.69, 9.17) is 0 Å². The smallest absolute Gasteiger partial charge is 0.192 e. The third-order valence-corrected chi connectivity index (χ3v) is 5.83. The van der Waals surface area contributed by atoms with Crippen molar-refractivity contribution in [1.29, 1.82) is 0 Å². The number of nitrogens with zero attached hydrogens (tertiary/aromatic N) is 4. The van der Waals surface area contributed by atoms with Crippen LogP contribution in [0.1, 0.15) is 27.0 Å². The Morgan fingerprint density at radius 1 is 0.967 bits per heavy atom. The number of Topliss-reactive ketones (excluding diaryl/α,β-unsaturated/α-hetero) is 1. The first kappa shape index (κ1) is 20.0. The van der Waals surface area contributed by atoms with Gasteiger partial charge in [-0.25, -0.2) is 0 Å². The number of hydrogen-bond donors (Lipinski definition) is 0. The summed E-state index contributed by atoms with van der Waals surface area (Å²) < 4.78 is 2.06. The number of aromatic nitrogens is 4. The molecule has 0 bridgehead atoms. The van der Waals surface area contributed by atoms with Crippen molar-refractivity contribution in [3.8, 4) is 11.4 Å². The fraction of sp³-hybridized carbons (Fsp3) is 0.167. The maximum absolute atomic E-state index is 12.9. The van der Waals surface area contributed by atoms with Gasteiger partial charge in [0.25, 0.3) is 0 Å². The van der Waals surface area contributed by atoms with Gasteiger partial charge in [0, 0.05) is 23.5 Å². The summed E-state index contributed by atoms with van der Waals surface area (Å²) in [5.41, 5.74) is 4.94. The van der Waals surface area contributed by atoms with Crippen LogP contribution in [0, 0.1) is 13.8 Å². The number of thioether (sulfide) groups is 1. The summed E-state index contributed by atoms with van der Waals surface area (Å²) in [6.07, 6.45) is 3.49. The number of rotatable bonds is 7. The predicted octanol–water partition coefficient (Wildman–Crippen LogP) is 4.98. The van der Waals surface area contributed by atoms with Gasteiger partial charge >= 0.3 is 0 Å². The molecular weight excluding hydrogens is 392 g/mol. The highest BCUT2D eigenvalue weighted by Crippen LogP contribution is 2.26. The van der Waals surface area contributed by atoms with E-state index in [1.54, 1.807) is 12.4 Å². The van der Waals surface area contributed by atoms with Gasteiger partial charge in [0.15, 0.2) is 16.8 Å². The monoisotopic (exact) mass is 414 g/mol. The lowest BCUT2D eigenvalue weighted by atomic mass is 10.0. The van der Waals surface area contributed by atoms with Crippen LogP contribution in [0.4, 0.5) is 0 Å². The molecule has 0 unspecified atom stereocenters. The van der Waals surface area contributed by atoms with E-state index in [1.165, 1.54) is 11.8 Å². The quantitative estimate of drug-likeness (QED) is 0.315. The molecule has 4 rings (SSSR count). The van der Waals surface area contributed by atoms with Crippen LogP contribution < -0.4 is 0 Å². The predicted molar refractivity (Wildman–Crippen MR) is 120 cm³/mol. The first-order chi connectivity index (χ1) is 14.6. The zero-order valence-corrected chi connectivity index (χ0v) is 17.8. The van der Waals surface area contributed by atoms with Gasteiger partial charge in [-0.05, 0) is 43.2 Å². The maximum atomic E-state index is 12.9. The molecule has 0 aliphatic carbocycles. The van der Waals surface area contributed by atoms with E-state index in [1.807, 2.05) is 62.4 Å². The van der Waals surface area contributed by atoms with Crippen LogP contribution in [0.5, 0.6) is 0 Å². The van der Waals surface area contributed by atoms with Crippen LogP contribution in [-0.2, 0) is 6.54 Å². The molecule has 0 spiro atoms. The Hall–Kier alpha value is -3.25. The molecule has 4 aromatic rings. The van der Waals surface area contributed by atoms with E-state index in [0.717, 1.165) is 38.8 Å². The lowest BCUT2D eigenvalue weighted by Crippen LogP contribution is -2.08. The second-order valence-electron chi connectivity index (χ2n) is 7.14. The molecule has 2 aromatic carbocycles. The van der Waals surface area contributed by atoms with E-state index in [9.17, 15) is 4.79 Å². The number of pyridine rings is 1. The Labute approximate surface area is 180 Å². The van der Waals surface area contributed by atoms with Crippen LogP contribution in [0.2, 0.25) is 0 Å². The van der Waals surface area contributed by atoms with Crippen molar-refractivity contribution in [2.75, 3.05) is 5.75 Å². The fourth-order valence-electron chi connectivity index (χ4n) is 3.26. The first-order valence-corrected chi connectivity index (χ1v) is 10.7. The maximum Gasteiger partial charge on any atom is 0.192 e. The highest BCUT2D eigenvalue weighted by atomic mass is 32.2. The lowest BCUT2D eigenvalue weighted by Gasteiger charge is -2.11. The van der Waals surface area contributed by atoms with Crippen molar-refractivity contribution in [1.82, 2.24) is 19.7 Å². The molecule has 0 fully saturated rings. The third-order valence-electron chi connectivity index (χ3n) is 4.86. The molecule has 6 heteroatoms. The van der Waals surface area contributed by atoms with Crippen LogP contribution >= 0.6 is 11.8 Å². The van der Waals surface area contributed by atoms with E-state index < -0.39 is 0 Å². The first-order valence-electron chi connectivity index (χ1n) is 9.72. The largest absolute Gasteiger partial charge is 0.298 e. The van der Waals surface area contributed by atoms with E-state index in [-0.39, 0.29) is 5.78 Å². The molecule has 2 heterocycles. The highest BCUT2D eigenvalue weighted by Gasteiger charge is 2.17. The number of carbonyl (C=O) groups excluding carboxylic acids is 1. The summed E-state index contributed by atoms with van der Waals surface area (Å²) in [6, 6.07) is 20.0. The summed E-state index contributed by atoms with van der Waals surface area (Å²) in [5.74, 6) is 1.18. The van der Waals surface area contributed by atoms with Gasteiger partial charge in [0.2, 0.25) is 0 Å². The Kier molecular flexibility index (Phi) is 6.05. The van der Waals surface area contributed by atoms with Gasteiger partial charge in [-0.15, -0.1) is 10.2 Å². The molecule has 0 aliphatic rings. The van der Waals surface area contributed by atoms with Crippen molar-refractivity contribution in [3.63, 3.8) is 0 Å². The SMILES string of the molecule is Cc1ccc(C)c(C(=O)CSc2nnc(-c3ccncc3)n2Cc2ccccc2)c1. The van der Waals surface area contributed by atoms with Gasteiger partial charge in [-0.2, -0.15) is 0 Å². The normalized spacial score (nSPS) is 10.9.